The second kappa shape index (κ2) is 12.3. The van der Waals surface area contributed by atoms with Gasteiger partial charge in [0.15, 0.2) is 5.96 Å². The molecule has 136 valence electrons. The number of fused-ring (bicyclic) bond motifs is 2. The lowest BCUT2D eigenvalue weighted by atomic mass is 9.96. The molecule has 0 radical (unpaired) electrons. The number of hydrogen-bond donors (Lipinski definition) is 2. The molecule has 2 N–H and O–H groups in total. The highest BCUT2D eigenvalue weighted by Crippen LogP contribution is 2.34. The van der Waals surface area contributed by atoms with Gasteiger partial charge in [-0.05, 0) is 39.0 Å². The third-order valence-electron chi connectivity index (χ3n) is 4.17. The van der Waals surface area contributed by atoms with E-state index in [4.69, 9.17) is 14.2 Å². The number of rotatable bonds is 10. The van der Waals surface area contributed by atoms with Crippen molar-refractivity contribution in [2.45, 2.75) is 57.3 Å². The molecule has 23 heavy (non-hydrogen) atoms. The summed E-state index contributed by atoms with van der Waals surface area (Å²) in [6.45, 7) is 5.92. The summed E-state index contributed by atoms with van der Waals surface area (Å²) in [5.41, 5.74) is 0. The van der Waals surface area contributed by atoms with Crippen LogP contribution in [0.15, 0.2) is 4.99 Å². The van der Waals surface area contributed by atoms with Gasteiger partial charge in [-0.2, -0.15) is 0 Å². The molecule has 2 fully saturated rings. The van der Waals surface area contributed by atoms with Crippen LogP contribution >= 0.6 is 24.0 Å². The fraction of sp³-hybridized carbons (Fsp3) is 0.938. The Morgan fingerprint density at radius 3 is 2.74 bits per heavy atom. The molecule has 0 spiro atoms. The standard InChI is InChI=1S/C16H31N3O3.HI/c1-3-17-16(18-8-4-5-9-21-11-10-20-2)19-14-12-13-6-7-15(14)22-13;/h13-15H,3-12H2,1-2H3,(H2,17,18,19);1H. The molecular formula is C16H32IN3O3. The highest BCUT2D eigenvalue weighted by atomic mass is 127. The first-order valence-electron chi connectivity index (χ1n) is 8.60. The van der Waals surface area contributed by atoms with Crippen LogP contribution in [0.1, 0.15) is 39.0 Å². The van der Waals surface area contributed by atoms with E-state index in [0.29, 0.717) is 31.5 Å². The Balaban J connectivity index is 0.00000264. The quantitative estimate of drug-likeness (QED) is 0.235. The average molecular weight is 441 g/mol. The Morgan fingerprint density at radius 1 is 1.22 bits per heavy atom. The van der Waals surface area contributed by atoms with Crippen LogP contribution < -0.4 is 10.6 Å². The molecule has 2 saturated heterocycles. The van der Waals surface area contributed by atoms with Crippen molar-refractivity contribution in [2.75, 3.05) is 40.0 Å². The van der Waals surface area contributed by atoms with Gasteiger partial charge in [0.25, 0.3) is 0 Å². The zero-order valence-electron chi connectivity index (χ0n) is 14.4. The molecule has 0 saturated carbocycles. The Bertz CT molecular complexity index is 345. The second-order valence-corrected chi connectivity index (χ2v) is 5.93. The summed E-state index contributed by atoms with van der Waals surface area (Å²) in [5, 5.41) is 6.86. The maximum atomic E-state index is 5.88. The lowest BCUT2D eigenvalue weighted by molar-refractivity contribution is 0.0690. The van der Waals surface area contributed by atoms with E-state index in [0.717, 1.165) is 44.9 Å². The first kappa shape index (κ1) is 20.9. The molecule has 2 aliphatic rings. The normalized spacial score (nSPS) is 26.2. The minimum absolute atomic E-state index is 0. The predicted octanol–water partition coefficient (Wildman–Crippen LogP) is 1.92. The number of unbranched alkanes of at least 4 members (excludes halogenated alkanes) is 1. The van der Waals surface area contributed by atoms with Crippen molar-refractivity contribution in [3.8, 4) is 0 Å². The van der Waals surface area contributed by atoms with E-state index in [-0.39, 0.29) is 24.0 Å². The summed E-state index contributed by atoms with van der Waals surface area (Å²) in [6.07, 6.45) is 6.43. The summed E-state index contributed by atoms with van der Waals surface area (Å²) >= 11 is 0. The minimum Gasteiger partial charge on any atom is -0.382 e. The van der Waals surface area contributed by atoms with Gasteiger partial charge in [-0.25, -0.2) is 0 Å². The SMILES string of the molecule is CCNC(=NCCCCOCCOC)NC1CC2CCC1O2.I. The highest BCUT2D eigenvalue weighted by molar-refractivity contribution is 14.0. The highest BCUT2D eigenvalue weighted by Gasteiger charge is 2.41. The number of guanidine groups is 1. The maximum Gasteiger partial charge on any atom is 0.191 e. The lowest BCUT2D eigenvalue weighted by Gasteiger charge is -2.22. The van der Waals surface area contributed by atoms with E-state index < -0.39 is 0 Å². The molecule has 2 heterocycles. The molecule has 0 amide bonds. The fourth-order valence-electron chi connectivity index (χ4n) is 3.04. The zero-order valence-corrected chi connectivity index (χ0v) is 16.7. The van der Waals surface area contributed by atoms with E-state index in [1.807, 2.05) is 0 Å². The van der Waals surface area contributed by atoms with Crippen LogP contribution in [-0.2, 0) is 14.2 Å². The maximum absolute atomic E-state index is 5.88. The van der Waals surface area contributed by atoms with Crippen molar-refractivity contribution >= 4 is 29.9 Å². The van der Waals surface area contributed by atoms with Gasteiger partial charge in [0.1, 0.15) is 0 Å². The van der Waals surface area contributed by atoms with Crippen molar-refractivity contribution in [3.05, 3.63) is 0 Å². The van der Waals surface area contributed by atoms with E-state index in [2.05, 4.69) is 22.5 Å². The van der Waals surface area contributed by atoms with E-state index in [9.17, 15) is 0 Å². The number of halogens is 1. The number of ether oxygens (including phenoxy) is 3. The summed E-state index contributed by atoms with van der Waals surface area (Å²) in [7, 11) is 1.69. The first-order valence-corrected chi connectivity index (χ1v) is 8.60. The van der Waals surface area contributed by atoms with Gasteiger partial charge in [0, 0.05) is 26.8 Å². The molecule has 0 aromatic heterocycles. The number of nitrogens with zero attached hydrogens (tertiary/aromatic N) is 1. The van der Waals surface area contributed by atoms with Crippen molar-refractivity contribution < 1.29 is 14.2 Å². The smallest absolute Gasteiger partial charge is 0.191 e. The van der Waals surface area contributed by atoms with Crippen LogP contribution in [0, 0.1) is 0 Å². The molecule has 0 aromatic rings. The van der Waals surface area contributed by atoms with E-state index in [1.54, 1.807) is 7.11 Å². The molecule has 3 atom stereocenters. The van der Waals surface area contributed by atoms with Crippen molar-refractivity contribution in [1.82, 2.24) is 10.6 Å². The van der Waals surface area contributed by atoms with Gasteiger partial charge in [-0.15, -0.1) is 24.0 Å². The topological polar surface area (TPSA) is 64.1 Å². The lowest BCUT2D eigenvalue weighted by Crippen LogP contribution is -2.47. The molecule has 2 aliphatic heterocycles. The van der Waals surface area contributed by atoms with Gasteiger partial charge in [-0.1, -0.05) is 0 Å². The fourth-order valence-corrected chi connectivity index (χ4v) is 3.04. The summed E-state index contributed by atoms with van der Waals surface area (Å²) in [6, 6.07) is 0.425. The zero-order chi connectivity index (χ0) is 15.6. The summed E-state index contributed by atoms with van der Waals surface area (Å²) < 4.78 is 16.3. The van der Waals surface area contributed by atoms with Crippen LogP contribution in [0.5, 0.6) is 0 Å². The molecule has 6 nitrogen and oxygen atoms in total. The van der Waals surface area contributed by atoms with Gasteiger partial charge < -0.3 is 24.8 Å². The number of methoxy groups -OCH3 is 1. The predicted molar refractivity (Wildman–Crippen MR) is 103 cm³/mol. The second-order valence-electron chi connectivity index (χ2n) is 5.93. The van der Waals surface area contributed by atoms with Gasteiger partial charge in [0.2, 0.25) is 0 Å². The molecule has 3 unspecified atom stereocenters. The van der Waals surface area contributed by atoms with Crippen molar-refractivity contribution in [2.24, 2.45) is 4.99 Å². The van der Waals surface area contributed by atoms with Crippen molar-refractivity contribution in [1.29, 1.82) is 0 Å². The van der Waals surface area contributed by atoms with Gasteiger partial charge in [-0.3, -0.25) is 4.99 Å². The molecule has 2 rings (SSSR count). The van der Waals surface area contributed by atoms with Gasteiger partial charge >= 0.3 is 0 Å². The Labute approximate surface area is 157 Å². The monoisotopic (exact) mass is 441 g/mol. The molecule has 0 aliphatic carbocycles. The third-order valence-corrected chi connectivity index (χ3v) is 4.17. The molecule has 2 bridgehead atoms. The summed E-state index contributed by atoms with van der Waals surface area (Å²) in [4.78, 5) is 4.65. The first-order chi connectivity index (χ1) is 10.8. The van der Waals surface area contributed by atoms with E-state index in [1.165, 1.54) is 12.8 Å². The van der Waals surface area contributed by atoms with Crippen LogP contribution in [0.2, 0.25) is 0 Å². The van der Waals surface area contributed by atoms with Crippen LogP contribution in [0.3, 0.4) is 0 Å². The number of nitrogens with one attached hydrogen (secondary N) is 2. The average Bonchev–Trinajstić information content (AvgIpc) is 3.12. The van der Waals surface area contributed by atoms with Crippen molar-refractivity contribution in [3.63, 3.8) is 0 Å². The van der Waals surface area contributed by atoms with Crippen LogP contribution in [-0.4, -0.2) is 64.2 Å². The molecule has 0 aromatic carbocycles. The largest absolute Gasteiger partial charge is 0.382 e. The third kappa shape index (κ3) is 7.53. The summed E-state index contributed by atoms with van der Waals surface area (Å²) in [5.74, 6) is 0.920. The number of hydrogen-bond acceptors (Lipinski definition) is 4. The van der Waals surface area contributed by atoms with Crippen LogP contribution in [0.4, 0.5) is 0 Å². The molecule has 7 heteroatoms. The Kier molecular flexibility index (Phi) is 11.2. The van der Waals surface area contributed by atoms with Gasteiger partial charge in [0.05, 0.1) is 31.5 Å². The minimum atomic E-state index is 0. The van der Waals surface area contributed by atoms with Crippen LogP contribution in [0.25, 0.3) is 0 Å². The van der Waals surface area contributed by atoms with E-state index >= 15 is 0 Å². The Morgan fingerprint density at radius 2 is 2.09 bits per heavy atom. The number of aliphatic imine (C=N–C) groups is 1. The Hall–Kier alpha value is -0.120. The molecular weight excluding hydrogens is 409 g/mol.